The summed E-state index contributed by atoms with van der Waals surface area (Å²) in [6.07, 6.45) is 2.48. The average molecular weight is 391 g/mol. The number of anilines is 1. The second kappa shape index (κ2) is 7.67. The molecule has 0 aliphatic heterocycles. The third-order valence-electron chi connectivity index (χ3n) is 4.80. The van der Waals surface area contributed by atoms with Crippen LogP contribution in [0, 0.1) is 10.1 Å². The summed E-state index contributed by atoms with van der Waals surface area (Å²) < 4.78 is 5.26. The minimum Gasteiger partial charge on any atom is -0.452 e. The van der Waals surface area contributed by atoms with E-state index in [1.54, 1.807) is 0 Å². The second-order valence-electron chi connectivity index (χ2n) is 6.71. The second-order valence-corrected chi connectivity index (χ2v) is 6.71. The Morgan fingerprint density at radius 1 is 1.14 bits per heavy atom. The molecule has 0 saturated carbocycles. The molecule has 1 aromatic heterocycles. The van der Waals surface area contributed by atoms with Gasteiger partial charge in [0.1, 0.15) is 0 Å². The molecular weight excluding hydrogens is 374 g/mol. The van der Waals surface area contributed by atoms with Crippen LogP contribution in [0.15, 0.2) is 48.5 Å². The third kappa shape index (κ3) is 3.77. The smallest absolute Gasteiger partial charge is 0.339 e. The van der Waals surface area contributed by atoms with Gasteiger partial charge in [-0.3, -0.25) is 19.9 Å². The summed E-state index contributed by atoms with van der Waals surface area (Å²) in [7, 11) is 0. The Labute approximate surface area is 165 Å². The van der Waals surface area contributed by atoms with E-state index in [-0.39, 0.29) is 11.4 Å². The van der Waals surface area contributed by atoms with Gasteiger partial charge in [0, 0.05) is 28.9 Å². The maximum Gasteiger partial charge on any atom is 0.339 e. The van der Waals surface area contributed by atoms with E-state index < -0.39 is 23.4 Å². The quantitative estimate of drug-likeness (QED) is 0.405. The first kappa shape index (κ1) is 18.5. The number of nitro groups is 1. The number of para-hydroxylation sites is 1. The number of nitro benzene ring substituents is 1. The number of aromatic nitrogens is 1. The summed E-state index contributed by atoms with van der Waals surface area (Å²) in [5, 5.41) is 14.0. The Hall–Kier alpha value is -3.81. The molecule has 1 N–H and O–H groups in total. The SMILES string of the molecule is O=C(COC(=O)c1c2c(nc3ccccc13)CCC2)Nc1cccc([N+](=O)[O-])c1. The summed E-state index contributed by atoms with van der Waals surface area (Å²) >= 11 is 0. The lowest BCUT2D eigenvalue weighted by atomic mass is 10.0. The van der Waals surface area contributed by atoms with Crippen LogP contribution in [0.25, 0.3) is 10.9 Å². The fourth-order valence-corrected chi connectivity index (χ4v) is 3.54. The van der Waals surface area contributed by atoms with E-state index in [0.29, 0.717) is 10.9 Å². The lowest BCUT2D eigenvalue weighted by molar-refractivity contribution is -0.384. The maximum atomic E-state index is 12.8. The molecule has 1 aliphatic carbocycles. The van der Waals surface area contributed by atoms with E-state index in [0.717, 1.165) is 36.0 Å². The Kier molecular flexibility index (Phi) is 4.90. The highest BCUT2D eigenvalue weighted by atomic mass is 16.6. The number of carbonyl (C=O) groups excluding carboxylic acids is 2. The summed E-state index contributed by atoms with van der Waals surface area (Å²) in [4.78, 5) is 39.9. The number of non-ortho nitro benzene ring substituents is 1. The van der Waals surface area contributed by atoms with Crippen LogP contribution in [0.3, 0.4) is 0 Å². The van der Waals surface area contributed by atoms with Crippen molar-refractivity contribution in [3.05, 3.63) is 75.5 Å². The van der Waals surface area contributed by atoms with Crippen LogP contribution in [-0.2, 0) is 22.4 Å². The fourth-order valence-electron chi connectivity index (χ4n) is 3.54. The topological polar surface area (TPSA) is 111 Å². The number of aryl methyl sites for hydroxylation is 1. The molecule has 4 rings (SSSR count). The van der Waals surface area contributed by atoms with Crippen molar-refractivity contribution in [2.24, 2.45) is 0 Å². The van der Waals surface area contributed by atoms with Crippen LogP contribution in [0.4, 0.5) is 11.4 Å². The minimum atomic E-state index is -0.575. The molecule has 0 saturated heterocycles. The average Bonchev–Trinajstić information content (AvgIpc) is 3.18. The van der Waals surface area contributed by atoms with Crippen molar-refractivity contribution in [2.45, 2.75) is 19.3 Å². The standard InChI is InChI=1S/C21H17N3O5/c25-19(22-13-5-3-6-14(11-13)24(27)28)12-29-21(26)20-15-7-1-2-9-17(15)23-18-10-4-8-16(18)20/h1-3,5-7,9,11H,4,8,10,12H2,(H,22,25). The van der Waals surface area contributed by atoms with E-state index in [9.17, 15) is 19.7 Å². The van der Waals surface area contributed by atoms with Crippen molar-refractivity contribution in [3.63, 3.8) is 0 Å². The van der Waals surface area contributed by atoms with Crippen molar-refractivity contribution in [1.82, 2.24) is 4.98 Å². The number of ether oxygens (including phenoxy) is 1. The highest BCUT2D eigenvalue weighted by Gasteiger charge is 2.25. The number of hydrogen-bond acceptors (Lipinski definition) is 6. The number of hydrogen-bond donors (Lipinski definition) is 1. The zero-order chi connectivity index (χ0) is 20.4. The Bertz CT molecular complexity index is 1140. The van der Waals surface area contributed by atoms with Gasteiger partial charge in [-0.05, 0) is 37.0 Å². The summed E-state index contributed by atoms with van der Waals surface area (Å²) in [6.45, 7) is -0.493. The first-order valence-corrected chi connectivity index (χ1v) is 9.15. The van der Waals surface area contributed by atoms with Gasteiger partial charge in [0.15, 0.2) is 6.61 Å². The molecule has 0 radical (unpaired) electrons. The van der Waals surface area contributed by atoms with E-state index in [2.05, 4.69) is 10.3 Å². The van der Waals surface area contributed by atoms with Gasteiger partial charge in [-0.1, -0.05) is 24.3 Å². The number of pyridine rings is 1. The van der Waals surface area contributed by atoms with Gasteiger partial charge in [-0.15, -0.1) is 0 Å². The van der Waals surface area contributed by atoms with Gasteiger partial charge in [0.25, 0.3) is 11.6 Å². The molecule has 146 valence electrons. The molecule has 8 nitrogen and oxygen atoms in total. The first-order valence-electron chi connectivity index (χ1n) is 9.15. The number of nitrogens with one attached hydrogen (secondary N) is 1. The zero-order valence-corrected chi connectivity index (χ0v) is 15.4. The van der Waals surface area contributed by atoms with Gasteiger partial charge < -0.3 is 10.1 Å². The molecular formula is C21H17N3O5. The number of esters is 1. The molecule has 0 fully saturated rings. The van der Waals surface area contributed by atoms with Crippen molar-refractivity contribution in [2.75, 3.05) is 11.9 Å². The fraction of sp³-hybridized carbons (Fsp3) is 0.190. The number of rotatable bonds is 5. The summed E-state index contributed by atoms with van der Waals surface area (Å²) in [5.74, 6) is -1.15. The number of fused-ring (bicyclic) bond motifs is 2. The van der Waals surface area contributed by atoms with Crippen LogP contribution in [-0.4, -0.2) is 28.4 Å². The predicted octanol–water partition coefficient (Wildman–Crippen LogP) is 3.43. The molecule has 29 heavy (non-hydrogen) atoms. The van der Waals surface area contributed by atoms with Crippen LogP contribution in [0.2, 0.25) is 0 Å². The summed E-state index contributed by atoms with van der Waals surface area (Å²) in [6, 6.07) is 12.9. The van der Waals surface area contributed by atoms with Crippen molar-refractivity contribution in [1.29, 1.82) is 0 Å². The van der Waals surface area contributed by atoms with E-state index in [1.165, 1.54) is 24.3 Å². The largest absolute Gasteiger partial charge is 0.452 e. The molecule has 1 amide bonds. The third-order valence-corrected chi connectivity index (χ3v) is 4.80. The minimum absolute atomic E-state index is 0.140. The molecule has 2 aromatic carbocycles. The highest BCUT2D eigenvalue weighted by molar-refractivity contribution is 6.06. The normalized spacial score (nSPS) is 12.4. The zero-order valence-electron chi connectivity index (χ0n) is 15.4. The lowest BCUT2D eigenvalue weighted by Gasteiger charge is -2.12. The van der Waals surface area contributed by atoms with Crippen LogP contribution in [0.5, 0.6) is 0 Å². The van der Waals surface area contributed by atoms with Crippen LogP contribution in [0.1, 0.15) is 28.0 Å². The molecule has 0 unspecified atom stereocenters. The monoisotopic (exact) mass is 391 g/mol. The van der Waals surface area contributed by atoms with Crippen LogP contribution < -0.4 is 5.32 Å². The van der Waals surface area contributed by atoms with E-state index >= 15 is 0 Å². The van der Waals surface area contributed by atoms with Gasteiger partial charge in [0.05, 0.1) is 16.0 Å². The van der Waals surface area contributed by atoms with Crippen LogP contribution >= 0.6 is 0 Å². The number of nitrogens with zero attached hydrogens (tertiary/aromatic N) is 2. The molecule has 3 aromatic rings. The highest BCUT2D eigenvalue weighted by Crippen LogP contribution is 2.30. The Balaban J connectivity index is 1.50. The van der Waals surface area contributed by atoms with Crippen molar-refractivity contribution >= 4 is 34.2 Å². The molecule has 0 atom stereocenters. The lowest BCUT2D eigenvalue weighted by Crippen LogP contribution is -2.21. The first-order chi connectivity index (χ1) is 14.0. The molecule has 0 bridgehead atoms. The van der Waals surface area contributed by atoms with Gasteiger partial charge >= 0.3 is 5.97 Å². The summed E-state index contributed by atoms with van der Waals surface area (Å²) in [5.41, 5.74) is 3.09. The van der Waals surface area contributed by atoms with Gasteiger partial charge in [0.2, 0.25) is 0 Å². The number of amides is 1. The van der Waals surface area contributed by atoms with E-state index in [1.807, 2.05) is 24.3 Å². The van der Waals surface area contributed by atoms with E-state index in [4.69, 9.17) is 4.74 Å². The van der Waals surface area contributed by atoms with Gasteiger partial charge in [-0.2, -0.15) is 0 Å². The number of benzene rings is 2. The van der Waals surface area contributed by atoms with Crippen molar-refractivity contribution < 1.29 is 19.2 Å². The predicted molar refractivity (Wildman–Crippen MR) is 106 cm³/mol. The van der Waals surface area contributed by atoms with Gasteiger partial charge in [-0.25, -0.2) is 4.79 Å². The Morgan fingerprint density at radius 2 is 1.97 bits per heavy atom. The molecule has 0 spiro atoms. The number of carbonyl (C=O) groups is 2. The van der Waals surface area contributed by atoms with Crippen molar-refractivity contribution in [3.8, 4) is 0 Å². The Morgan fingerprint density at radius 3 is 2.79 bits per heavy atom. The molecule has 1 aliphatic rings. The maximum absolute atomic E-state index is 12.8. The molecule has 1 heterocycles. The molecule has 8 heteroatoms.